The van der Waals surface area contributed by atoms with Crippen molar-refractivity contribution in [3.8, 4) is 0 Å². The van der Waals surface area contributed by atoms with Crippen molar-refractivity contribution in [2.75, 3.05) is 23.7 Å². The Hall–Kier alpha value is -3.07. The lowest BCUT2D eigenvalue weighted by Gasteiger charge is -2.34. The number of carbonyl (C=O) groups is 1. The van der Waals surface area contributed by atoms with Gasteiger partial charge < -0.3 is 20.3 Å². The molecular formula is C25H34ClN7O2. The first kappa shape index (κ1) is 25.0. The van der Waals surface area contributed by atoms with E-state index in [0.29, 0.717) is 35.5 Å². The molecule has 0 saturated carbocycles. The molecule has 0 radical (unpaired) electrons. The number of hydrogen-bond donors (Lipinski definition) is 2. The molecule has 0 bridgehead atoms. The highest BCUT2D eigenvalue weighted by Crippen LogP contribution is 2.32. The molecule has 1 aromatic carbocycles. The van der Waals surface area contributed by atoms with Gasteiger partial charge in [-0.3, -0.25) is 4.57 Å². The molecule has 4 rings (SSSR count). The van der Waals surface area contributed by atoms with Gasteiger partial charge in [0.05, 0.1) is 6.20 Å². The summed E-state index contributed by atoms with van der Waals surface area (Å²) in [6, 6.07) is 7.60. The van der Waals surface area contributed by atoms with Crippen LogP contribution in [0.4, 0.5) is 22.4 Å². The highest BCUT2D eigenvalue weighted by Gasteiger charge is 2.30. The van der Waals surface area contributed by atoms with Crippen molar-refractivity contribution in [1.29, 1.82) is 0 Å². The number of benzene rings is 1. The fourth-order valence-electron chi connectivity index (χ4n) is 4.02. The minimum absolute atomic E-state index is 0.103. The Balaban J connectivity index is 1.65. The second-order valence-electron chi connectivity index (χ2n) is 10.9. The van der Waals surface area contributed by atoms with Gasteiger partial charge in [0.1, 0.15) is 11.1 Å². The number of nitrogens with zero attached hydrogens (tertiary/aromatic N) is 5. The molecule has 2 N–H and O–H groups in total. The maximum absolute atomic E-state index is 12.6. The first-order valence-corrected chi connectivity index (χ1v) is 12.3. The average molecular weight is 500 g/mol. The zero-order valence-corrected chi connectivity index (χ0v) is 22.0. The molecule has 0 aliphatic carbocycles. The number of ether oxygens (including phenoxy) is 1. The predicted molar refractivity (Wildman–Crippen MR) is 140 cm³/mol. The lowest BCUT2D eigenvalue weighted by molar-refractivity contribution is 0.0190. The van der Waals surface area contributed by atoms with Crippen LogP contribution in [0.15, 0.2) is 30.5 Å². The van der Waals surface area contributed by atoms with Gasteiger partial charge in [0.25, 0.3) is 0 Å². The van der Waals surface area contributed by atoms with E-state index in [1.54, 1.807) is 11.1 Å². The Morgan fingerprint density at radius 3 is 2.31 bits per heavy atom. The highest BCUT2D eigenvalue weighted by atomic mass is 35.5. The lowest BCUT2D eigenvalue weighted by atomic mass is 10.1. The van der Waals surface area contributed by atoms with Crippen molar-refractivity contribution in [2.45, 2.75) is 71.6 Å². The molecule has 1 amide bonds. The van der Waals surface area contributed by atoms with Gasteiger partial charge in [0.2, 0.25) is 11.9 Å². The summed E-state index contributed by atoms with van der Waals surface area (Å²) in [6.07, 6.45) is 2.98. The summed E-state index contributed by atoms with van der Waals surface area (Å²) in [6.45, 7) is 13.0. The van der Waals surface area contributed by atoms with Gasteiger partial charge >= 0.3 is 6.09 Å². The van der Waals surface area contributed by atoms with Crippen LogP contribution in [0, 0.1) is 0 Å². The van der Waals surface area contributed by atoms with E-state index in [-0.39, 0.29) is 17.7 Å². The number of amides is 1. The standard InChI is InChI=1S/C25H34ClN7O2/c1-24(2,3)31-21-27-15-19-20(30-21)33(22(29-19)28-17-9-7-16(26)8-10-17)18-11-13-32(14-12-18)23(34)35-25(4,5)6/h7-10,15,18H,11-14H2,1-6H3,(H,28,29)(H,27,30,31). The zero-order valence-electron chi connectivity index (χ0n) is 21.2. The number of rotatable bonds is 4. The van der Waals surface area contributed by atoms with Crippen LogP contribution in [0.3, 0.4) is 0 Å². The number of hydrogen-bond acceptors (Lipinski definition) is 7. The van der Waals surface area contributed by atoms with Gasteiger partial charge in [-0.25, -0.2) is 14.8 Å². The van der Waals surface area contributed by atoms with E-state index in [0.717, 1.165) is 24.2 Å². The Bertz CT molecular complexity index is 1190. The summed E-state index contributed by atoms with van der Waals surface area (Å²) in [5, 5.41) is 7.43. The number of imidazole rings is 1. The van der Waals surface area contributed by atoms with Gasteiger partial charge in [0, 0.05) is 35.4 Å². The minimum Gasteiger partial charge on any atom is -0.444 e. The second-order valence-corrected chi connectivity index (χ2v) is 11.3. The maximum Gasteiger partial charge on any atom is 0.410 e. The quantitative estimate of drug-likeness (QED) is 0.454. The minimum atomic E-state index is -0.516. The highest BCUT2D eigenvalue weighted by molar-refractivity contribution is 6.30. The molecule has 0 unspecified atom stereocenters. The third-order valence-electron chi connectivity index (χ3n) is 5.50. The van der Waals surface area contributed by atoms with Crippen molar-refractivity contribution in [3.05, 3.63) is 35.5 Å². The summed E-state index contributed by atoms with van der Waals surface area (Å²) in [5.41, 5.74) is 1.63. The molecule has 1 fully saturated rings. The molecule has 2 aromatic heterocycles. The first-order valence-electron chi connectivity index (χ1n) is 11.9. The van der Waals surface area contributed by atoms with Crippen LogP contribution in [0.2, 0.25) is 5.02 Å². The van der Waals surface area contributed by atoms with E-state index in [2.05, 4.69) is 41.0 Å². The van der Waals surface area contributed by atoms with Crippen molar-refractivity contribution in [2.24, 2.45) is 0 Å². The summed E-state index contributed by atoms with van der Waals surface area (Å²) in [5.74, 6) is 1.23. The molecule has 0 spiro atoms. The van der Waals surface area contributed by atoms with Gasteiger partial charge in [0.15, 0.2) is 5.65 Å². The first-order chi connectivity index (χ1) is 16.4. The number of aromatic nitrogens is 4. The molecule has 9 nitrogen and oxygen atoms in total. The van der Waals surface area contributed by atoms with Gasteiger partial charge in [-0.05, 0) is 78.6 Å². The summed E-state index contributed by atoms with van der Waals surface area (Å²) < 4.78 is 7.69. The van der Waals surface area contributed by atoms with Crippen LogP contribution in [0.1, 0.15) is 60.4 Å². The van der Waals surface area contributed by atoms with E-state index in [1.807, 2.05) is 45.0 Å². The Labute approximate surface area is 211 Å². The van der Waals surface area contributed by atoms with Gasteiger partial charge in [-0.15, -0.1) is 0 Å². The Kier molecular flexibility index (Phi) is 6.81. The maximum atomic E-state index is 12.6. The second kappa shape index (κ2) is 9.53. The average Bonchev–Trinajstić information content (AvgIpc) is 3.10. The number of likely N-dealkylation sites (tertiary alicyclic amines) is 1. The number of nitrogens with one attached hydrogen (secondary N) is 2. The summed E-state index contributed by atoms with van der Waals surface area (Å²) in [7, 11) is 0. The van der Waals surface area contributed by atoms with Gasteiger partial charge in [-0.1, -0.05) is 11.6 Å². The zero-order chi connectivity index (χ0) is 25.4. The largest absolute Gasteiger partial charge is 0.444 e. The van der Waals surface area contributed by atoms with Crippen molar-refractivity contribution in [3.63, 3.8) is 0 Å². The monoisotopic (exact) mass is 499 g/mol. The Morgan fingerprint density at radius 2 is 1.71 bits per heavy atom. The molecule has 1 aliphatic heterocycles. The fraction of sp³-hybridized carbons (Fsp3) is 0.520. The van der Waals surface area contributed by atoms with E-state index in [9.17, 15) is 4.79 Å². The number of piperidine rings is 1. The van der Waals surface area contributed by atoms with E-state index in [1.165, 1.54) is 0 Å². The van der Waals surface area contributed by atoms with Crippen molar-refractivity contribution < 1.29 is 9.53 Å². The van der Waals surface area contributed by atoms with Crippen LogP contribution < -0.4 is 10.6 Å². The van der Waals surface area contributed by atoms with Crippen LogP contribution in [-0.4, -0.2) is 54.7 Å². The molecule has 3 heterocycles. The number of fused-ring (bicyclic) bond motifs is 1. The van der Waals surface area contributed by atoms with Crippen molar-refractivity contribution >= 4 is 46.4 Å². The van der Waals surface area contributed by atoms with E-state index < -0.39 is 5.60 Å². The molecule has 188 valence electrons. The number of halogens is 1. The fourth-order valence-corrected chi connectivity index (χ4v) is 4.14. The molecular weight excluding hydrogens is 466 g/mol. The predicted octanol–water partition coefficient (Wildman–Crippen LogP) is 6.01. The number of anilines is 3. The molecule has 1 aliphatic rings. The molecule has 0 atom stereocenters. The van der Waals surface area contributed by atoms with Crippen LogP contribution in [-0.2, 0) is 4.74 Å². The topological polar surface area (TPSA) is 97.2 Å². The lowest BCUT2D eigenvalue weighted by Crippen LogP contribution is -2.42. The normalized spacial score (nSPS) is 15.3. The molecule has 10 heteroatoms. The van der Waals surface area contributed by atoms with Gasteiger partial charge in [-0.2, -0.15) is 4.98 Å². The molecule has 3 aromatic rings. The molecule has 35 heavy (non-hydrogen) atoms. The van der Waals surface area contributed by atoms with E-state index in [4.69, 9.17) is 26.3 Å². The van der Waals surface area contributed by atoms with Crippen LogP contribution >= 0.6 is 11.6 Å². The third-order valence-corrected chi connectivity index (χ3v) is 5.75. The molecule has 1 saturated heterocycles. The third kappa shape index (κ3) is 6.33. The summed E-state index contributed by atoms with van der Waals surface area (Å²) in [4.78, 5) is 28.4. The van der Waals surface area contributed by atoms with Crippen LogP contribution in [0.5, 0.6) is 0 Å². The van der Waals surface area contributed by atoms with E-state index >= 15 is 0 Å². The Morgan fingerprint density at radius 1 is 1.06 bits per heavy atom. The SMILES string of the molecule is CC(C)(C)Nc1ncc2nc(Nc3ccc(Cl)cc3)n(C3CCN(C(=O)OC(C)(C)C)CC3)c2n1. The summed E-state index contributed by atoms with van der Waals surface area (Å²) >= 11 is 6.07. The van der Waals surface area contributed by atoms with Crippen LogP contribution in [0.25, 0.3) is 11.2 Å². The smallest absolute Gasteiger partial charge is 0.410 e. The number of carbonyl (C=O) groups excluding carboxylic acids is 1. The van der Waals surface area contributed by atoms with Crippen molar-refractivity contribution in [1.82, 2.24) is 24.4 Å².